The first kappa shape index (κ1) is 16.1. The quantitative estimate of drug-likeness (QED) is 0.907. The molecule has 2 rings (SSSR count). The maximum absolute atomic E-state index is 12.2. The molecule has 0 aromatic heterocycles. The standard InChI is InChI=1S/C15H18Cl2N2O2/c1-15(2,3)13-14(21)18-7-12(20)19(13)8-9-4-5-10(16)6-11(9)17/h4-6,13H,7-8H2,1-3H3,(H,18,21). The van der Waals surface area contributed by atoms with Gasteiger partial charge in [-0.2, -0.15) is 0 Å². The summed E-state index contributed by atoms with van der Waals surface area (Å²) in [5, 5.41) is 3.68. The van der Waals surface area contributed by atoms with E-state index in [-0.39, 0.29) is 23.8 Å². The van der Waals surface area contributed by atoms with E-state index in [2.05, 4.69) is 5.32 Å². The van der Waals surface area contributed by atoms with Crippen molar-refractivity contribution in [1.82, 2.24) is 10.2 Å². The lowest BCUT2D eigenvalue weighted by atomic mass is 9.83. The molecule has 1 heterocycles. The Bertz CT molecular complexity index is 582. The highest BCUT2D eigenvalue weighted by Crippen LogP contribution is 2.30. The van der Waals surface area contributed by atoms with Crippen molar-refractivity contribution in [2.24, 2.45) is 5.41 Å². The number of nitrogens with one attached hydrogen (secondary N) is 1. The number of piperazine rings is 1. The molecule has 1 atom stereocenters. The molecule has 6 heteroatoms. The molecule has 1 aliphatic heterocycles. The Balaban J connectivity index is 2.33. The number of amides is 2. The SMILES string of the molecule is CC(C)(C)C1C(=O)NCC(=O)N1Cc1ccc(Cl)cc1Cl. The summed E-state index contributed by atoms with van der Waals surface area (Å²) in [6.07, 6.45) is 0. The Hall–Kier alpha value is -1.26. The molecule has 0 bridgehead atoms. The van der Waals surface area contributed by atoms with Gasteiger partial charge in [-0.25, -0.2) is 0 Å². The predicted molar refractivity (Wildman–Crippen MR) is 83.3 cm³/mol. The van der Waals surface area contributed by atoms with Gasteiger partial charge in [0.1, 0.15) is 6.04 Å². The van der Waals surface area contributed by atoms with Gasteiger partial charge in [-0.1, -0.05) is 50.0 Å². The van der Waals surface area contributed by atoms with Crippen molar-refractivity contribution < 1.29 is 9.59 Å². The molecular weight excluding hydrogens is 311 g/mol. The van der Waals surface area contributed by atoms with Gasteiger partial charge in [-0.3, -0.25) is 9.59 Å². The maximum atomic E-state index is 12.2. The summed E-state index contributed by atoms with van der Waals surface area (Å²) < 4.78 is 0. The number of hydrogen-bond acceptors (Lipinski definition) is 2. The lowest BCUT2D eigenvalue weighted by molar-refractivity contribution is -0.150. The molecule has 1 unspecified atom stereocenters. The van der Waals surface area contributed by atoms with E-state index in [0.29, 0.717) is 16.6 Å². The van der Waals surface area contributed by atoms with Gasteiger partial charge in [0, 0.05) is 16.6 Å². The molecule has 0 radical (unpaired) electrons. The van der Waals surface area contributed by atoms with Crippen LogP contribution in [0.4, 0.5) is 0 Å². The molecule has 1 aliphatic rings. The van der Waals surface area contributed by atoms with E-state index in [1.165, 1.54) is 0 Å². The van der Waals surface area contributed by atoms with Gasteiger partial charge in [-0.15, -0.1) is 0 Å². The van der Waals surface area contributed by atoms with Crippen LogP contribution in [0.2, 0.25) is 10.0 Å². The Kier molecular flexibility index (Phi) is 4.49. The second-order valence-electron chi connectivity index (χ2n) is 6.24. The zero-order valence-corrected chi connectivity index (χ0v) is 13.8. The molecule has 1 N–H and O–H groups in total. The van der Waals surface area contributed by atoms with Gasteiger partial charge in [0.05, 0.1) is 6.54 Å². The van der Waals surface area contributed by atoms with Crippen LogP contribution in [0, 0.1) is 5.41 Å². The molecule has 0 spiro atoms. The van der Waals surface area contributed by atoms with Crippen molar-refractivity contribution in [3.8, 4) is 0 Å². The largest absolute Gasteiger partial charge is 0.345 e. The summed E-state index contributed by atoms with van der Waals surface area (Å²) in [4.78, 5) is 26.0. The summed E-state index contributed by atoms with van der Waals surface area (Å²) in [5.74, 6) is -0.243. The van der Waals surface area contributed by atoms with E-state index >= 15 is 0 Å². The number of hydrogen-bond donors (Lipinski definition) is 1. The molecule has 0 aliphatic carbocycles. The molecule has 1 fully saturated rings. The molecular formula is C15H18Cl2N2O2. The number of nitrogens with zero attached hydrogens (tertiary/aromatic N) is 1. The van der Waals surface area contributed by atoms with Crippen molar-refractivity contribution in [2.75, 3.05) is 6.54 Å². The van der Waals surface area contributed by atoms with Crippen molar-refractivity contribution in [1.29, 1.82) is 0 Å². The molecule has 114 valence electrons. The smallest absolute Gasteiger partial charge is 0.243 e. The lowest BCUT2D eigenvalue weighted by Gasteiger charge is -2.42. The zero-order chi connectivity index (χ0) is 15.8. The number of halogens is 2. The highest BCUT2D eigenvalue weighted by Gasteiger charge is 2.42. The maximum Gasteiger partial charge on any atom is 0.243 e. The topological polar surface area (TPSA) is 49.4 Å². The Labute approximate surface area is 134 Å². The van der Waals surface area contributed by atoms with E-state index in [4.69, 9.17) is 23.2 Å². The fourth-order valence-electron chi connectivity index (χ4n) is 2.52. The first-order chi connectivity index (χ1) is 9.70. The zero-order valence-electron chi connectivity index (χ0n) is 12.2. The first-order valence-electron chi connectivity index (χ1n) is 6.71. The van der Waals surface area contributed by atoms with Crippen LogP contribution in [-0.4, -0.2) is 29.3 Å². The fourth-order valence-corrected chi connectivity index (χ4v) is 2.99. The summed E-state index contributed by atoms with van der Waals surface area (Å²) in [5.41, 5.74) is 0.414. The Morgan fingerprint density at radius 1 is 1.29 bits per heavy atom. The highest BCUT2D eigenvalue weighted by molar-refractivity contribution is 6.35. The molecule has 1 aromatic carbocycles. The minimum absolute atomic E-state index is 0.0244. The third-order valence-electron chi connectivity index (χ3n) is 3.47. The summed E-state index contributed by atoms with van der Waals surface area (Å²) in [6, 6.07) is 4.62. The van der Waals surface area contributed by atoms with E-state index in [9.17, 15) is 9.59 Å². The monoisotopic (exact) mass is 328 g/mol. The van der Waals surface area contributed by atoms with E-state index in [0.717, 1.165) is 5.56 Å². The Morgan fingerprint density at radius 2 is 1.95 bits per heavy atom. The second-order valence-corrected chi connectivity index (χ2v) is 7.09. The van der Waals surface area contributed by atoms with E-state index in [1.54, 1.807) is 23.1 Å². The highest BCUT2D eigenvalue weighted by atomic mass is 35.5. The number of benzene rings is 1. The van der Waals surface area contributed by atoms with Crippen molar-refractivity contribution in [2.45, 2.75) is 33.4 Å². The van der Waals surface area contributed by atoms with Gasteiger partial charge < -0.3 is 10.2 Å². The van der Waals surface area contributed by atoms with Crippen LogP contribution in [0.1, 0.15) is 26.3 Å². The van der Waals surface area contributed by atoms with Gasteiger partial charge in [0.25, 0.3) is 0 Å². The fraction of sp³-hybridized carbons (Fsp3) is 0.467. The average molecular weight is 329 g/mol. The van der Waals surface area contributed by atoms with Crippen LogP contribution in [0.15, 0.2) is 18.2 Å². The minimum atomic E-state index is -0.523. The third-order valence-corrected chi connectivity index (χ3v) is 4.06. The van der Waals surface area contributed by atoms with E-state index < -0.39 is 6.04 Å². The van der Waals surface area contributed by atoms with Gasteiger partial charge >= 0.3 is 0 Å². The van der Waals surface area contributed by atoms with Gasteiger partial charge in [0.15, 0.2) is 0 Å². The second kappa shape index (κ2) is 5.85. The lowest BCUT2D eigenvalue weighted by Crippen LogP contribution is -2.62. The van der Waals surface area contributed by atoms with Crippen molar-refractivity contribution in [3.63, 3.8) is 0 Å². The molecule has 1 saturated heterocycles. The van der Waals surface area contributed by atoms with Crippen molar-refractivity contribution >= 4 is 35.0 Å². The molecule has 2 amide bonds. The van der Waals surface area contributed by atoms with Crippen LogP contribution in [0.3, 0.4) is 0 Å². The molecule has 4 nitrogen and oxygen atoms in total. The van der Waals surface area contributed by atoms with Crippen LogP contribution < -0.4 is 5.32 Å². The van der Waals surface area contributed by atoms with Crippen LogP contribution >= 0.6 is 23.2 Å². The van der Waals surface area contributed by atoms with Crippen molar-refractivity contribution in [3.05, 3.63) is 33.8 Å². The van der Waals surface area contributed by atoms with E-state index in [1.807, 2.05) is 20.8 Å². The molecule has 21 heavy (non-hydrogen) atoms. The van der Waals surface area contributed by atoms with Crippen LogP contribution in [0.5, 0.6) is 0 Å². The molecule has 1 aromatic rings. The van der Waals surface area contributed by atoms with Crippen LogP contribution in [0.25, 0.3) is 0 Å². The summed E-state index contributed by atoms with van der Waals surface area (Å²) >= 11 is 12.1. The third kappa shape index (κ3) is 3.50. The molecule has 0 saturated carbocycles. The number of carbonyl (C=O) groups excluding carboxylic acids is 2. The minimum Gasteiger partial charge on any atom is -0.345 e. The number of carbonyl (C=O) groups is 2. The summed E-state index contributed by atoms with van der Waals surface area (Å²) in [6.45, 7) is 6.13. The number of rotatable bonds is 2. The predicted octanol–water partition coefficient (Wildman–Crippen LogP) is 2.87. The normalized spacial score (nSPS) is 19.7. The first-order valence-corrected chi connectivity index (χ1v) is 7.47. The van der Waals surface area contributed by atoms with Crippen LogP contribution in [-0.2, 0) is 16.1 Å². The van der Waals surface area contributed by atoms with Gasteiger partial charge in [0.2, 0.25) is 11.8 Å². The summed E-state index contributed by atoms with van der Waals surface area (Å²) in [7, 11) is 0. The van der Waals surface area contributed by atoms with Gasteiger partial charge in [-0.05, 0) is 23.1 Å². The Morgan fingerprint density at radius 3 is 2.52 bits per heavy atom. The average Bonchev–Trinajstić information content (AvgIpc) is 2.35.